The van der Waals surface area contributed by atoms with E-state index in [-0.39, 0.29) is 25.5 Å². The molecule has 0 saturated carbocycles. The monoisotopic (exact) mass is 284 g/mol. The number of nitrogens with zero attached hydrogens (tertiary/aromatic N) is 1. The van der Waals surface area contributed by atoms with Gasteiger partial charge in [-0.1, -0.05) is 11.8 Å². The number of amides is 1. The fourth-order valence-electron chi connectivity index (χ4n) is 1.31. The van der Waals surface area contributed by atoms with Gasteiger partial charge in [0.2, 0.25) is 0 Å². The number of pyridine rings is 1. The van der Waals surface area contributed by atoms with Crippen LogP contribution in [0.2, 0.25) is 0 Å². The number of nitrogens with one attached hydrogen (secondary N) is 1. The van der Waals surface area contributed by atoms with E-state index in [0.717, 1.165) is 0 Å². The number of ether oxygens (including phenoxy) is 1. The number of aliphatic hydroxyl groups excluding tert-OH is 1. The molecule has 1 heterocycles. The molecule has 0 bridgehead atoms. The van der Waals surface area contributed by atoms with Crippen molar-refractivity contribution in [2.45, 2.75) is 6.43 Å². The van der Waals surface area contributed by atoms with Crippen LogP contribution in [-0.2, 0) is 4.74 Å². The first-order chi connectivity index (χ1) is 9.65. The molecule has 1 aromatic heterocycles. The number of alkyl halides is 2. The normalized spacial score (nSPS) is 10.0. The molecule has 1 aromatic rings. The van der Waals surface area contributed by atoms with Crippen molar-refractivity contribution in [3.8, 4) is 11.8 Å². The maximum Gasteiger partial charge on any atom is 0.271 e. The van der Waals surface area contributed by atoms with Crippen molar-refractivity contribution in [3.63, 3.8) is 0 Å². The molecule has 1 rings (SSSR count). The quantitative estimate of drug-likeness (QED) is 0.587. The van der Waals surface area contributed by atoms with E-state index in [4.69, 9.17) is 5.11 Å². The van der Waals surface area contributed by atoms with Crippen LogP contribution in [0.5, 0.6) is 0 Å². The van der Waals surface area contributed by atoms with Crippen LogP contribution in [0.3, 0.4) is 0 Å². The van der Waals surface area contributed by atoms with Gasteiger partial charge in [-0.2, -0.15) is 0 Å². The number of aromatic nitrogens is 1. The molecule has 0 aliphatic carbocycles. The number of aliphatic hydroxyl groups is 1. The Morgan fingerprint density at radius 1 is 1.55 bits per heavy atom. The summed E-state index contributed by atoms with van der Waals surface area (Å²) >= 11 is 0. The lowest BCUT2D eigenvalue weighted by atomic mass is 10.2. The molecule has 7 heteroatoms. The Morgan fingerprint density at radius 3 is 3.05 bits per heavy atom. The maximum absolute atomic E-state index is 11.8. The van der Waals surface area contributed by atoms with Crippen molar-refractivity contribution in [2.24, 2.45) is 0 Å². The minimum absolute atomic E-state index is 0.0133. The second-order valence-corrected chi connectivity index (χ2v) is 3.58. The van der Waals surface area contributed by atoms with Gasteiger partial charge in [0.05, 0.1) is 12.2 Å². The Hall–Kier alpha value is -2.04. The van der Waals surface area contributed by atoms with E-state index in [1.807, 2.05) is 0 Å². The van der Waals surface area contributed by atoms with Gasteiger partial charge in [-0.05, 0) is 12.1 Å². The number of hydrogen-bond acceptors (Lipinski definition) is 4. The van der Waals surface area contributed by atoms with Gasteiger partial charge in [0.15, 0.2) is 0 Å². The van der Waals surface area contributed by atoms with Crippen LogP contribution in [-0.4, -0.2) is 48.8 Å². The zero-order valence-electron chi connectivity index (χ0n) is 10.6. The highest BCUT2D eigenvalue weighted by molar-refractivity contribution is 5.94. The average Bonchev–Trinajstić information content (AvgIpc) is 2.44. The van der Waals surface area contributed by atoms with Gasteiger partial charge in [-0.15, -0.1) is 0 Å². The second-order valence-electron chi connectivity index (χ2n) is 3.58. The van der Waals surface area contributed by atoms with Crippen LogP contribution >= 0.6 is 0 Å². The van der Waals surface area contributed by atoms with Crippen molar-refractivity contribution in [1.82, 2.24) is 10.3 Å². The van der Waals surface area contributed by atoms with Crippen LogP contribution in [0.15, 0.2) is 18.3 Å². The predicted octanol–water partition coefficient (Wildman–Crippen LogP) is 0.437. The Morgan fingerprint density at radius 2 is 2.35 bits per heavy atom. The van der Waals surface area contributed by atoms with Gasteiger partial charge in [0.1, 0.15) is 18.9 Å². The van der Waals surface area contributed by atoms with Gasteiger partial charge < -0.3 is 15.2 Å². The SMILES string of the molecule is O=C(NCCOCC(F)F)c1ncccc1C#CCO. The number of rotatable bonds is 6. The third kappa shape index (κ3) is 5.73. The highest BCUT2D eigenvalue weighted by atomic mass is 19.3. The van der Waals surface area contributed by atoms with Crippen molar-refractivity contribution in [1.29, 1.82) is 0 Å². The third-order valence-electron chi connectivity index (χ3n) is 2.10. The average molecular weight is 284 g/mol. The summed E-state index contributed by atoms with van der Waals surface area (Å²) in [6.07, 6.45) is -1.09. The molecule has 108 valence electrons. The summed E-state index contributed by atoms with van der Waals surface area (Å²) in [6.45, 7) is -0.903. The minimum atomic E-state index is -2.53. The van der Waals surface area contributed by atoms with E-state index in [1.54, 1.807) is 12.1 Å². The predicted molar refractivity (Wildman–Crippen MR) is 67.4 cm³/mol. The van der Waals surface area contributed by atoms with E-state index in [0.29, 0.717) is 5.56 Å². The summed E-state index contributed by atoms with van der Waals surface area (Å²) in [5.74, 6) is 4.55. The minimum Gasteiger partial charge on any atom is -0.384 e. The molecule has 0 aromatic carbocycles. The largest absolute Gasteiger partial charge is 0.384 e. The molecule has 0 saturated heterocycles. The first-order valence-corrected chi connectivity index (χ1v) is 5.84. The molecule has 0 aliphatic heterocycles. The maximum atomic E-state index is 11.8. The van der Waals surface area contributed by atoms with Crippen molar-refractivity contribution in [3.05, 3.63) is 29.6 Å². The molecule has 20 heavy (non-hydrogen) atoms. The Balaban J connectivity index is 2.51. The number of halogens is 2. The summed E-state index contributed by atoms with van der Waals surface area (Å²) in [5, 5.41) is 11.1. The standard InChI is InChI=1S/C13H14F2N2O3/c14-11(15)9-20-8-6-17-13(19)12-10(4-2-7-18)3-1-5-16-12/h1,3,5,11,18H,6-9H2,(H,17,19). The topological polar surface area (TPSA) is 71.5 Å². The molecule has 5 nitrogen and oxygen atoms in total. The van der Waals surface area contributed by atoms with Crippen molar-refractivity contribution in [2.75, 3.05) is 26.4 Å². The summed E-state index contributed by atoms with van der Waals surface area (Å²) in [7, 11) is 0. The summed E-state index contributed by atoms with van der Waals surface area (Å²) in [5.41, 5.74) is 0.495. The molecule has 2 N–H and O–H groups in total. The van der Waals surface area contributed by atoms with Crippen molar-refractivity contribution < 1.29 is 23.4 Å². The molecular weight excluding hydrogens is 270 g/mol. The summed E-state index contributed by atoms with van der Waals surface area (Å²) in [4.78, 5) is 15.7. The molecule has 1 amide bonds. The van der Waals surface area contributed by atoms with Crippen LogP contribution in [0.4, 0.5) is 8.78 Å². The van der Waals surface area contributed by atoms with Gasteiger partial charge in [0.25, 0.3) is 12.3 Å². The van der Waals surface area contributed by atoms with Crippen LogP contribution < -0.4 is 5.32 Å². The van der Waals surface area contributed by atoms with Gasteiger partial charge >= 0.3 is 0 Å². The van der Waals surface area contributed by atoms with E-state index in [1.165, 1.54) is 6.20 Å². The Bertz CT molecular complexity index is 498. The van der Waals surface area contributed by atoms with E-state index in [9.17, 15) is 13.6 Å². The van der Waals surface area contributed by atoms with Gasteiger partial charge in [0, 0.05) is 12.7 Å². The lowest BCUT2D eigenvalue weighted by molar-refractivity contribution is 0.0188. The highest BCUT2D eigenvalue weighted by Gasteiger charge is 2.10. The molecular formula is C13H14F2N2O3. The summed E-state index contributed by atoms with van der Waals surface area (Å²) < 4.78 is 28.2. The summed E-state index contributed by atoms with van der Waals surface area (Å²) in [6, 6.07) is 3.21. The molecule has 0 unspecified atom stereocenters. The molecule has 0 fully saturated rings. The van der Waals surface area contributed by atoms with Crippen LogP contribution in [0, 0.1) is 11.8 Å². The van der Waals surface area contributed by atoms with E-state index in [2.05, 4.69) is 26.9 Å². The van der Waals surface area contributed by atoms with E-state index < -0.39 is 18.9 Å². The molecule has 0 atom stereocenters. The molecule has 0 aliphatic rings. The van der Waals surface area contributed by atoms with Crippen LogP contribution in [0.1, 0.15) is 16.1 Å². The van der Waals surface area contributed by atoms with Gasteiger partial charge in [-0.25, -0.2) is 13.8 Å². The zero-order chi connectivity index (χ0) is 14.8. The first kappa shape index (κ1) is 16.0. The first-order valence-electron chi connectivity index (χ1n) is 5.84. The second kappa shape index (κ2) is 8.96. The van der Waals surface area contributed by atoms with Crippen LogP contribution in [0.25, 0.3) is 0 Å². The Labute approximate surface area is 115 Å². The molecule has 0 spiro atoms. The lowest BCUT2D eigenvalue weighted by Gasteiger charge is -2.06. The van der Waals surface area contributed by atoms with Gasteiger partial charge in [-0.3, -0.25) is 4.79 Å². The number of carbonyl (C=O) groups is 1. The highest BCUT2D eigenvalue weighted by Crippen LogP contribution is 2.03. The smallest absolute Gasteiger partial charge is 0.271 e. The number of carbonyl (C=O) groups excluding carboxylic acids is 1. The lowest BCUT2D eigenvalue weighted by Crippen LogP contribution is -2.29. The van der Waals surface area contributed by atoms with E-state index >= 15 is 0 Å². The third-order valence-corrected chi connectivity index (χ3v) is 2.10. The fraction of sp³-hybridized carbons (Fsp3) is 0.385. The zero-order valence-corrected chi connectivity index (χ0v) is 10.6. The molecule has 0 radical (unpaired) electrons. The Kier molecular flexibility index (Phi) is 7.17. The fourth-order valence-corrected chi connectivity index (χ4v) is 1.31. The number of hydrogen-bond donors (Lipinski definition) is 2. The van der Waals surface area contributed by atoms with Crippen molar-refractivity contribution >= 4 is 5.91 Å².